The van der Waals surface area contributed by atoms with Crippen LogP contribution in [-0.2, 0) is 9.09 Å². The molecular formula is C27H55NO3P+. The highest BCUT2D eigenvalue weighted by atomic mass is 31.2. The normalized spacial score (nSPS) is 15.6. The van der Waals surface area contributed by atoms with E-state index in [4.69, 9.17) is 4.52 Å². The van der Waals surface area contributed by atoms with Gasteiger partial charge in [0.25, 0.3) is 0 Å². The van der Waals surface area contributed by atoms with Crippen molar-refractivity contribution < 1.29 is 18.5 Å². The molecule has 190 valence electrons. The number of hydrogen-bond acceptors (Lipinski definition) is 2. The van der Waals surface area contributed by atoms with Crippen LogP contribution >= 0.6 is 7.60 Å². The summed E-state index contributed by atoms with van der Waals surface area (Å²) in [7, 11) is 2.34. The molecule has 0 saturated carbocycles. The molecule has 0 aromatic rings. The topological polar surface area (TPSA) is 46.5 Å². The van der Waals surface area contributed by atoms with Gasteiger partial charge < -0.3 is 13.9 Å². The van der Waals surface area contributed by atoms with Gasteiger partial charge in [0.05, 0.1) is 27.7 Å². The van der Waals surface area contributed by atoms with Crippen molar-refractivity contribution >= 4 is 7.60 Å². The zero-order chi connectivity index (χ0) is 24.1. The summed E-state index contributed by atoms with van der Waals surface area (Å²) in [5.74, 6) is -0.339. The molecule has 5 heteroatoms. The summed E-state index contributed by atoms with van der Waals surface area (Å²) >= 11 is 0. The van der Waals surface area contributed by atoms with Crippen LogP contribution in [0.2, 0.25) is 0 Å². The Hall–Kier alpha value is -0.410. The third kappa shape index (κ3) is 18.1. The molecule has 1 N–H and O–H groups in total. The zero-order valence-electron chi connectivity index (χ0n) is 22.1. The monoisotopic (exact) mass is 472 g/mol. The maximum Gasteiger partial charge on any atom is 0.385 e. The van der Waals surface area contributed by atoms with Crippen molar-refractivity contribution in [1.29, 1.82) is 0 Å². The second-order valence-corrected chi connectivity index (χ2v) is 12.0. The molecule has 2 atom stereocenters. The van der Waals surface area contributed by atoms with Crippen LogP contribution < -0.4 is 0 Å². The highest BCUT2D eigenvalue weighted by molar-refractivity contribution is 7.53. The smallest absolute Gasteiger partial charge is 0.320 e. The van der Waals surface area contributed by atoms with E-state index in [1.54, 1.807) is 0 Å². The fourth-order valence-corrected chi connectivity index (χ4v) is 5.96. The molecule has 0 aromatic heterocycles. The minimum Gasteiger partial charge on any atom is -0.320 e. The molecule has 0 aliphatic carbocycles. The number of allylic oxidation sites excluding steroid dienone is 4. The van der Waals surface area contributed by atoms with Gasteiger partial charge in [-0.25, -0.2) is 0 Å². The molecule has 0 aliphatic heterocycles. The number of unbranched alkanes of at least 4 members (excludes halogenated alkanes) is 11. The van der Waals surface area contributed by atoms with E-state index in [-0.39, 0.29) is 5.78 Å². The van der Waals surface area contributed by atoms with Crippen molar-refractivity contribution in [2.45, 2.75) is 122 Å². The predicted octanol–water partition coefficient (Wildman–Crippen LogP) is 8.61. The number of rotatable bonds is 22. The molecule has 0 aromatic carbocycles. The van der Waals surface area contributed by atoms with E-state index < -0.39 is 7.60 Å². The summed E-state index contributed by atoms with van der Waals surface area (Å²) in [5.41, 5.74) is 0. The third-order valence-corrected chi connectivity index (χ3v) is 8.15. The molecule has 0 bridgehead atoms. The molecule has 0 aliphatic rings. The SMILES string of the molecule is CCC/C=C\CCCC/C=C\CCCCCCCCCOP(=O)(O)C(CCC)[N+](C)(C)C. The van der Waals surface area contributed by atoms with Crippen LogP contribution in [0, 0.1) is 0 Å². The Labute approximate surface area is 200 Å². The van der Waals surface area contributed by atoms with Crippen LogP contribution in [0.15, 0.2) is 24.3 Å². The first-order chi connectivity index (χ1) is 15.3. The predicted molar refractivity (Wildman–Crippen MR) is 141 cm³/mol. The first-order valence-electron chi connectivity index (χ1n) is 13.3. The molecule has 4 nitrogen and oxygen atoms in total. The largest absolute Gasteiger partial charge is 0.385 e. The van der Waals surface area contributed by atoms with E-state index in [1.165, 1.54) is 77.0 Å². The minimum absolute atomic E-state index is 0.339. The van der Waals surface area contributed by atoms with Gasteiger partial charge in [0.15, 0.2) is 5.78 Å². The highest BCUT2D eigenvalue weighted by Gasteiger charge is 2.41. The van der Waals surface area contributed by atoms with Gasteiger partial charge in [-0.3, -0.25) is 4.57 Å². The quantitative estimate of drug-likeness (QED) is 0.0742. The molecule has 0 radical (unpaired) electrons. The zero-order valence-corrected chi connectivity index (χ0v) is 23.0. The van der Waals surface area contributed by atoms with E-state index in [1.807, 2.05) is 28.1 Å². The van der Waals surface area contributed by atoms with Gasteiger partial charge in [0.1, 0.15) is 0 Å². The molecule has 0 fully saturated rings. The molecule has 32 heavy (non-hydrogen) atoms. The average molecular weight is 473 g/mol. The van der Waals surface area contributed by atoms with Crippen molar-refractivity contribution in [1.82, 2.24) is 0 Å². The van der Waals surface area contributed by atoms with E-state index in [0.717, 1.165) is 19.3 Å². The van der Waals surface area contributed by atoms with Crippen LogP contribution in [0.1, 0.15) is 117 Å². The second-order valence-electron chi connectivity index (χ2n) is 10.1. The van der Waals surface area contributed by atoms with Crippen LogP contribution in [0.3, 0.4) is 0 Å². The molecular weight excluding hydrogens is 417 g/mol. The van der Waals surface area contributed by atoms with Crippen molar-refractivity contribution in [3.05, 3.63) is 24.3 Å². The van der Waals surface area contributed by atoms with Gasteiger partial charge in [0.2, 0.25) is 0 Å². The number of quaternary nitrogens is 1. The second kappa shape index (κ2) is 20.0. The molecule has 2 unspecified atom stereocenters. The van der Waals surface area contributed by atoms with E-state index in [9.17, 15) is 9.46 Å². The fraction of sp³-hybridized carbons (Fsp3) is 0.852. The van der Waals surface area contributed by atoms with Crippen molar-refractivity contribution in [3.63, 3.8) is 0 Å². The lowest BCUT2D eigenvalue weighted by atomic mass is 10.1. The van der Waals surface area contributed by atoms with E-state index in [0.29, 0.717) is 17.5 Å². The van der Waals surface area contributed by atoms with E-state index in [2.05, 4.69) is 31.2 Å². The first-order valence-corrected chi connectivity index (χ1v) is 15.0. The summed E-state index contributed by atoms with van der Waals surface area (Å²) in [4.78, 5) is 10.4. The maximum absolute atomic E-state index is 12.6. The van der Waals surface area contributed by atoms with Crippen molar-refractivity contribution in [2.75, 3.05) is 27.7 Å². The minimum atomic E-state index is -3.57. The summed E-state index contributed by atoms with van der Waals surface area (Å²) in [6, 6.07) is 0. The Morgan fingerprint density at radius 3 is 1.62 bits per heavy atom. The lowest BCUT2D eigenvalue weighted by Crippen LogP contribution is -2.45. The Morgan fingerprint density at radius 2 is 1.16 bits per heavy atom. The maximum atomic E-state index is 12.6. The summed E-state index contributed by atoms with van der Waals surface area (Å²) < 4.78 is 18.6. The van der Waals surface area contributed by atoms with Gasteiger partial charge in [-0.05, 0) is 57.8 Å². The van der Waals surface area contributed by atoms with Gasteiger partial charge in [-0.15, -0.1) is 0 Å². The fourth-order valence-electron chi connectivity index (χ4n) is 3.94. The van der Waals surface area contributed by atoms with Gasteiger partial charge in [-0.1, -0.05) is 76.7 Å². The molecule has 0 spiro atoms. The third-order valence-electron chi connectivity index (χ3n) is 5.89. The Kier molecular flexibility index (Phi) is 19.7. The van der Waals surface area contributed by atoms with Crippen LogP contribution in [0.4, 0.5) is 0 Å². The molecule has 0 saturated heterocycles. The van der Waals surface area contributed by atoms with Crippen molar-refractivity contribution in [2.24, 2.45) is 0 Å². The average Bonchev–Trinajstić information content (AvgIpc) is 2.72. The van der Waals surface area contributed by atoms with Crippen LogP contribution in [0.5, 0.6) is 0 Å². The van der Waals surface area contributed by atoms with Gasteiger partial charge in [-0.2, -0.15) is 0 Å². The summed E-state index contributed by atoms with van der Waals surface area (Å²) in [5, 5.41) is 0. The first kappa shape index (κ1) is 31.6. The van der Waals surface area contributed by atoms with Gasteiger partial charge >= 0.3 is 7.60 Å². The summed E-state index contributed by atoms with van der Waals surface area (Å²) in [6.45, 7) is 4.67. The Morgan fingerprint density at radius 1 is 0.719 bits per heavy atom. The Balaban J connectivity index is 3.58. The summed E-state index contributed by atoms with van der Waals surface area (Å²) in [6.07, 6.45) is 28.0. The number of nitrogens with zero attached hydrogens (tertiary/aromatic N) is 1. The number of hydrogen-bond donors (Lipinski definition) is 1. The lowest BCUT2D eigenvalue weighted by molar-refractivity contribution is -0.883. The lowest BCUT2D eigenvalue weighted by Gasteiger charge is -2.35. The molecule has 0 rings (SSSR count). The standard InChI is InChI=1S/C27H54NO3P/c1-6-8-9-10-11-12-13-14-15-16-17-18-19-20-21-22-23-24-26-31-32(29,30)27(25-7-2)28(3,4)5/h9-10,15-16,27H,6-8,11-14,17-26H2,1-5H3/p+1/b10-9-,16-15-. The van der Waals surface area contributed by atoms with Crippen LogP contribution in [0.25, 0.3) is 0 Å². The molecule has 0 amide bonds. The van der Waals surface area contributed by atoms with Crippen LogP contribution in [-0.4, -0.2) is 42.9 Å². The Bertz CT molecular complexity index is 525. The highest BCUT2D eigenvalue weighted by Crippen LogP contribution is 2.51. The van der Waals surface area contributed by atoms with Crippen molar-refractivity contribution in [3.8, 4) is 0 Å². The molecule has 0 heterocycles. The van der Waals surface area contributed by atoms with E-state index >= 15 is 0 Å². The van der Waals surface area contributed by atoms with Gasteiger partial charge in [0, 0.05) is 6.42 Å².